The number of amides is 2. The maximum Gasteiger partial charge on any atom is 0.258 e. The van der Waals surface area contributed by atoms with E-state index >= 15 is 0 Å². The first-order valence-corrected chi connectivity index (χ1v) is 11.1. The number of anilines is 1. The molecule has 1 aromatic heterocycles. The molecule has 0 atom stereocenters. The van der Waals surface area contributed by atoms with Crippen LogP contribution in [0.25, 0.3) is 0 Å². The van der Waals surface area contributed by atoms with Gasteiger partial charge in [-0.15, -0.1) is 0 Å². The van der Waals surface area contributed by atoms with Crippen molar-refractivity contribution in [3.8, 4) is 0 Å². The van der Waals surface area contributed by atoms with E-state index in [9.17, 15) is 9.59 Å². The number of aromatic amines is 1. The Morgan fingerprint density at radius 2 is 1.18 bits per heavy atom. The van der Waals surface area contributed by atoms with Gasteiger partial charge in [-0.25, -0.2) is 0 Å². The lowest BCUT2D eigenvalue weighted by molar-refractivity contribution is 0.0713. The Kier molecular flexibility index (Phi) is 11.4. The van der Waals surface area contributed by atoms with Crippen molar-refractivity contribution in [2.45, 2.75) is 79.1 Å². The van der Waals surface area contributed by atoms with Crippen molar-refractivity contribution in [1.82, 2.24) is 14.8 Å². The zero-order valence-electron chi connectivity index (χ0n) is 18.4. The van der Waals surface area contributed by atoms with E-state index in [4.69, 9.17) is 5.73 Å². The summed E-state index contributed by atoms with van der Waals surface area (Å²) in [5.74, 6) is 0.0661. The quantitative estimate of drug-likeness (QED) is 0.482. The molecule has 28 heavy (non-hydrogen) atoms. The molecule has 0 fully saturated rings. The summed E-state index contributed by atoms with van der Waals surface area (Å²) in [4.78, 5) is 33.1. The second-order valence-corrected chi connectivity index (χ2v) is 7.49. The summed E-state index contributed by atoms with van der Waals surface area (Å²) in [7, 11) is 0. The van der Waals surface area contributed by atoms with Gasteiger partial charge in [0.05, 0.1) is 11.1 Å². The van der Waals surface area contributed by atoms with Crippen LogP contribution in [0.4, 0.5) is 5.82 Å². The van der Waals surface area contributed by atoms with Gasteiger partial charge in [0.1, 0.15) is 5.82 Å². The van der Waals surface area contributed by atoms with Gasteiger partial charge in [-0.2, -0.15) is 0 Å². The minimum Gasteiger partial charge on any atom is -0.385 e. The van der Waals surface area contributed by atoms with Crippen molar-refractivity contribution in [2.75, 3.05) is 31.9 Å². The van der Waals surface area contributed by atoms with Gasteiger partial charge in [0.25, 0.3) is 11.8 Å². The van der Waals surface area contributed by atoms with Crippen LogP contribution in [0.1, 0.15) is 99.8 Å². The van der Waals surface area contributed by atoms with Crippen LogP contribution >= 0.6 is 0 Å². The van der Waals surface area contributed by atoms with E-state index in [-0.39, 0.29) is 17.6 Å². The van der Waals surface area contributed by atoms with Crippen LogP contribution in [-0.4, -0.2) is 52.8 Å². The van der Waals surface area contributed by atoms with Gasteiger partial charge in [-0.3, -0.25) is 9.59 Å². The van der Waals surface area contributed by atoms with Crippen molar-refractivity contribution in [1.29, 1.82) is 0 Å². The number of rotatable bonds is 14. The molecular formula is C22H40N4O2. The molecule has 0 aliphatic carbocycles. The third-order valence-corrected chi connectivity index (χ3v) is 5.06. The smallest absolute Gasteiger partial charge is 0.258 e. The molecule has 6 nitrogen and oxygen atoms in total. The van der Waals surface area contributed by atoms with E-state index in [1.165, 1.54) is 0 Å². The van der Waals surface area contributed by atoms with Gasteiger partial charge in [0.2, 0.25) is 0 Å². The summed E-state index contributed by atoms with van der Waals surface area (Å²) in [6.07, 6.45) is 9.50. The monoisotopic (exact) mass is 392 g/mol. The fourth-order valence-corrected chi connectivity index (χ4v) is 3.19. The van der Waals surface area contributed by atoms with Gasteiger partial charge in [-0.1, -0.05) is 53.4 Å². The molecule has 0 saturated heterocycles. The molecule has 0 aromatic carbocycles. The number of carbonyl (C=O) groups excluding carboxylic acids is 2. The highest BCUT2D eigenvalue weighted by atomic mass is 16.2. The molecule has 0 saturated carbocycles. The average molecular weight is 393 g/mol. The summed E-state index contributed by atoms with van der Waals surface area (Å²) >= 11 is 0. The number of carbonyl (C=O) groups is 2. The summed E-state index contributed by atoms with van der Waals surface area (Å²) in [6, 6.07) is 0. The van der Waals surface area contributed by atoms with E-state index < -0.39 is 0 Å². The molecule has 0 unspecified atom stereocenters. The molecule has 0 aliphatic heterocycles. The lowest BCUT2D eigenvalue weighted by Crippen LogP contribution is -2.37. The van der Waals surface area contributed by atoms with Crippen molar-refractivity contribution in [3.63, 3.8) is 0 Å². The molecular weight excluding hydrogens is 352 g/mol. The van der Waals surface area contributed by atoms with E-state index in [0.29, 0.717) is 37.3 Å². The van der Waals surface area contributed by atoms with Crippen LogP contribution in [0.5, 0.6) is 0 Å². The topological polar surface area (TPSA) is 82.4 Å². The predicted molar refractivity (Wildman–Crippen MR) is 117 cm³/mol. The van der Waals surface area contributed by atoms with Gasteiger partial charge >= 0.3 is 0 Å². The number of nitrogens with zero attached hydrogens (tertiary/aromatic N) is 2. The van der Waals surface area contributed by atoms with Crippen molar-refractivity contribution in [3.05, 3.63) is 17.3 Å². The SMILES string of the molecule is CCCCN(CCCC)C(=O)c1c[nH]c(N)c1C(=O)N(CCCC)CCCC. The highest BCUT2D eigenvalue weighted by Crippen LogP contribution is 2.22. The maximum atomic E-state index is 13.3. The molecule has 0 aliphatic rings. The van der Waals surface area contributed by atoms with Crippen LogP contribution in [0.3, 0.4) is 0 Å². The molecule has 6 heteroatoms. The number of nitrogen functional groups attached to an aromatic ring is 1. The number of nitrogens with two attached hydrogens (primary N) is 1. The third-order valence-electron chi connectivity index (χ3n) is 5.06. The fraction of sp³-hybridized carbons (Fsp3) is 0.727. The second kappa shape index (κ2) is 13.2. The number of hydrogen-bond acceptors (Lipinski definition) is 3. The third kappa shape index (κ3) is 6.88. The lowest BCUT2D eigenvalue weighted by atomic mass is 10.1. The predicted octanol–water partition coefficient (Wildman–Crippen LogP) is 4.68. The van der Waals surface area contributed by atoms with Crippen LogP contribution in [0, 0.1) is 0 Å². The molecule has 0 bridgehead atoms. The maximum absolute atomic E-state index is 13.3. The van der Waals surface area contributed by atoms with E-state index in [1.807, 2.05) is 9.80 Å². The molecule has 1 aromatic rings. The number of nitrogens with one attached hydrogen (secondary N) is 1. The van der Waals surface area contributed by atoms with Crippen LogP contribution in [0.2, 0.25) is 0 Å². The lowest BCUT2D eigenvalue weighted by Gasteiger charge is -2.25. The van der Waals surface area contributed by atoms with Crippen LogP contribution < -0.4 is 5.73 Å². The molecule has 160 valence electrons. The molecule has 0 spiro atoms. The highest BCUT2D eigenvalue weighted by Gasteiger charge is 2.28. The van der Waals surface area contributed by atoms with E-state index in [1.54, 1.807) is 6.20 Å². The number of hydrogen-bond donors (Lipinski definition) is 2. The molecule has 1 rings (SSSR count). The summed E-state index contributed by atoms with van der Waals surface area (Å²) in [5.41, 5.74) is 6.85. The first-order valence-electron chi connectivity index (χ1n) is 11.1. The molecule has 0 radical (unpaired) electrons. The first-order chi connectivity index (χ1) is 13.5. The Balaban J connectivity index is 3.11. The number of unbranched alkanes of at least 4 members (excludes halogenated alkanes) is 4. The van der Waals surface area contributed by atoms with Gasteiger partial charge in [0.15, 0.2) is 0 Å². The Bertz CT molecular complexity index is 581. The van der Waals surface area contributed by atoms with E-state index in [2.05, 4.69) is 32.7 Å². The van der Waals surface area contributed by atoms with Gasteiger partial charge in [0, 0.05) is 32.4 Å². The zero-order chi connectivity index (χ0) is 20.9. The summed E-state index contributed by atoms with van der Waals surface area (Å²) in [6.45, 7) is 11.3. The summed E-state index contributed by atoms with van der Waals surface area (Å²) < 4.78 is 0. The van der Waals surface area contributed by atoms with E-state index in [0.717, 1.165) is 51.4 Å². The summed E-state index contributed by atoms with van der Waals surface area (Å²) in [5, 5.41) is 0. The first kappa shape index (κ1) is 24.1. The minimum absolute atomic E-state index is 0.0934. The van der Waals surface area contributed by atoms with Crippen molar-refractivity contribution < 1.29 is 9.59 Å². The van der Waals surface area contributed by atoms with Gasteiger partial charge in [-0.05, 0) is 25.7 Å². The second-order valence-electron chi connectivity index (χ2n) is 7.49. The minimum atomic E-state index is -0.130. The molecule has 3 N–H and O–H groups in total. The normalized spacial score (nSPS) is 10.9. The molecule has 1 heterocycles. The van der Waals surface area contributed by atoms with Crippen LogP contribution in [0.15, 0.2) is 6.20 Å². The number of H-pyrrole nitrogens is 1. The average Bonchev–Trinajstić information content (AvgIpc) is 3.08. The van der Waals surface area contributed by atoms with Crippen LogP contribution in [-0.2, 0) is 0 Å². The largest absolute Gasteiger partial charge is 0.385 e. The zero-order valence-corrected chi connectivity index (χ0v) is 18.4. The van der Waals surface area contributed by atoms with Crippen molar-refractivity contribution >= 4 is 17.6 Å². The standard InChI is InChI=1S/C22H40N4O2/c1-5-9-13-25(14-10-6-2)21(27)18-17-24-20(23)19(18)22(28)26(15-11-7-3)16-12-8-4/h17,24H,5-16,23H2,1-4H3. The number of aromatic nitrogens is 1. The van der Waals surface area contributed by atoms with Gasteiger partial charge < -0.3 is 20.5 Å². The Labute approximate surface area is 170 Å². The Morgan fingerprint density at radius 1 is 0.786 bits per heavy atom. The molecule has 2 amide bonds. The fourth-order valence-electron chi connectivity index (χ4n) is 3.19. The Morgan fingerprint density at radius 3 is 1.57 bits per heavy atom. The highest BCUT2D eigenvalue weighted by molar-refractivity contribution is 6.10. The Hall–Kier alpha value is -1.98. The van der Waals surface area contributed by atoms with Crippen molar-refractivity contribution in [2.24, 2.45) is 0 Å².